The first-order valence-electron chi connectivity index (χ1n) is 11.8. The van der Waals surface area contributed by atoms with Crippen molar-refractivity contribution in [1.29, 1.82) is 0 Å². The van der Waals surface area contributed by atoms with E-state index in [9.17, 15) is 9.59 Å². The summed E-state index contributed by atoms with van der Waals surface area (Å²) in [6.45, 7) is 3.67. The quantitative estimate of drug-likeness (QED) is 0.766. The van der Waals surface area contributed by atoms with Crippen LogP contribution in [0.15, 0.2) is 30.5 Å². The van der Waals surface area contributed by atoms with Crippen LogP contribution in [0.25, 0.3) is 10.9 Å². The number of rotatable bonds is 4. The molecule has 2 amide bonds. The first-order valence-corrected chi connectivity index (χ1v) is 11.8. The van der Waals surface area contributed by atoms with E-state index in [-0.39, 0.29) is 17.7 Å². The molecule has 0 bridgehead atoms. The number of carbonyl (C=O) groups is 2. The molecule has 2 saturated heterocycles. The summed E-state index contributed by atoms with van der Waals surface area (Å²) in [7, 11) is 0. The van der Waals surface area contributed by atoms with Crippen molar-refractivity contribution in [2.75, 3.05) is 19.6 Å². The van der Waals surface area contributed by atoms with Crippen molar-refractivity contribution in [2.24, 2.45) is 5.92 Å². The van der Waals surface area contributed by atoms with E-state index in [2.05, 4.69) is 45.2 Å². The van der Waals surface area contributed by atoms with Crippen LogP contribution in [0, 0.1) is 5.92 Å². The van der Waals surface area contributed by atoms with Gasteiger partial charge in [-0.15, -0.1) is 0 Å². The van der Waals surface area contributed by atoms with Gasteiger partial charge in [-0.3, -0.25) is 14.9 Å². The Kier molecular flexibility index (Phi) is 5.64. The number of hydrogen-bond donors (Lipinski definition) is 1. The van der Waals surface area contributed by atoms with Gasteiger partial charge in [0.1, 0.15) is 0 Å². The van der Waals surface area contributed by atoms with Crippen LogP contribution in [0.4, 0.5) is 0 Å². The lowest BCUT2D eigenvalue weighted by Crippen LogP contribution is -2.39. The zero-order valence-electron chi connectivity index (χ0n) is 17.8. The zero-order valence-corrected chi connectivity index (χ0v) is 17.8. The van der Waals surface area contributed by atoms with Gasteiger partial charge in [-0.1, -0.05) is 31.4 Å². The lowest BCUT2D eigenvalue weighted by atomic mass is 9.88. The van der Waals surface area contributed by atoms with Crippen LogP contribution in [0.1, 0.15) is 75.3 Å². The molecule has 1 aromatic carbocycles. The molecule has 5 nitrogen and oxygen atoms in total. The Hall–Kier alpha value is -2.14. The molecule has 3 fully saturated rings. The molecule has 30 heavy (non-hydrogen) atoms. The average molecular weight is 408 g/mol. The van der Waals surface area contributed by atoms with Gasteiger partial charge in [0.05, 0.1) is 5.92 Å². The SMILES string of the molecule is O=C1CCC(c2cccc3c2ccn3C2CCN(CC3CCCCC3)CC2)C(=O)N1. The largest absolute Gasteiger partial charge is 0.344 e. The Balaban J connectivity index is 1.29. The molecule has 1 aliphatic carbocycles. The third-order valence-corrected chi connectivity index (χ3v) is 7.60. The van der Waals surface area contributed by atoms with Gasteiger partial charge >= 0.3 is 0 Å². The van der Waals surface area contributed by atoms with E-state index in [1.807, 2.05) is 0 Å². The summed E-state index contributed by atoms with van der Waals surface area (Å²) in [6, 6.07) is 9.00. The predicted molar refractivity (Wildman–Crippen MR) is 118 cm³/mol. The summed E-state index contributed by atoms with van der Waals surface area (Å²) >= 11 is 0. The molecule has 1 atom stereocenters. The number of likely N-dealkylation sites (tertiary alicyclic amines) is 1. The van der Waals surface area contributed by atoms with Crippen molar-refractivity contribution in [2.45, 2.75) is 69.7 Å². The third-order valence-electron chi connectivity index (χ3n) is 7.60. The summed E-state index contributed by atoms with van der Waals surface area (Å²) in [5.41, 5.74) is 2.29. The molecule has 5 rings (SSSR count). The molecule has 3 heterocycles. The molecule has 1 aromatic heterocycles. The van der Waals surface area contributed by atoms with Crippen LogP contribution < -0.4 is 5.32 Å². The minimum atomic E-state index is -0.223. The van der Waals surface area contributed by atoms with Crippen molar-refractivity contribution in [3.05, 3.63) is 36.0 Å². The van der Waals surface area contributed by atoms with E-state index < -0.39 is 0 Å². The number of fused-ring (bicyclic) bond motifs is 1. The molecule has 1 unspecified atom stereocenters. The highest BCUT2D eigenvalue weighted by Gasteiger charge is 2.30. The number of amides is 2. The topological polar surface area (TPSA) is 54.3 Å². The fraction of sp³-hybridized carbons (Fsp3) is 0.600. The number of imide groups is 1. The van der Waals surface area contributed by atoms with E-state index in [0.29, 0.717) is 18.9 Å². The third kappa shape index (κ3) is 3.92. The Morgan fingerprint density at radius 3 is 2.50 bits per heavy atom. The Labute approximate surface area is 178 Å². The molecule has 160 valence electrons. The zero-order chi connectivity index (χ0) is 20.5. The Morgan fingerprint density at radius 2 is 1.73 bits per heavy atom. The molecule has 1 saturated carbocycles. The average Bonchev–Trinajstić information content (AvgIpc) is 3.20. The number of carbonyl (C=O) groups excluding carboxylic acids is 2. The summed E-state index contributed by atoms with van der Waals surface area (Å²) in [5.74, 6) is 0.391. The number of nitrogens with one attached hydrogen (secondary N) is 1. The molecule has 1 N–H and O–H groups in total. The van der Waals surface area contributed by atoms with Crippen LogP contribution >= 0.6 is 0 Å². The van der Waals surface area contributed by atoms with Crippen LogP contribution in [0.3, 0.4) is 0 Å². The first-order chi connectivity index (χ1) is 14.7. The maximum Gasteiger partial charge on any atom is 0.234 e. The standard InChI is InChI=1S/C25H33N3O2/c29-24-10-9-22(25(30)26-24)20-7-4-8-23-21(20)13-16-28(23)19-11-14-27(15-12-19)17-18-5-2-1-3-6-18/h4,7-8,13,16,18-19,22H,1-3,5-6,9-12,14-15,17H2,(H,26,29,30). The number of aromatic nitrogens is 1. The van der Waals surface area contributed by atoms with Crippen molar-refractivity contribution in [3.8, 4) is 0 Å². The van der Waals surface area contributed by atoms with Gasteiger partial charge in [-0.05, 0) is 55.7 Å². The lowest BCUT2D eigenvalue weighted by Gasteiger charge is -2.36. The highest BCUT2D eigenvalue weighted by atomic mass is 16.2. The fourth-order valence-corrected chi connectivity index (χ4v) is 5.94. The van der Waals surface area contributed by atoms with Crippen molar-refractivity contribution < 1.29 is 9.59 Å². The highest BCUT2D eigenvalue weighted by Crippen LogP contribution is 2.35. The minimum absolute atomic E-state index is 0.150. The van der Waals surface area contributed by atoms with Crippen molar-refractivity contribution in [1.82, 2.24) is 14.8 Å². The second-order valence-electron chi connectivity index (χ2n) is 9.54. The van der Waals surface area contributed by atoms with Gasteiger partial charge in [0.2, 0.25) is 11.8 Å². The van der Waals surface area contributed by atoms with E-state index in [0.717, 1.165) is 16.9 Å². The van der Waals surface area contributed by atoms with Gasteiger partial charge < -0.3 is 9.47 Å². The minimum Gasteiger partial charge on any atom is -0.344 e. The second kappa shape index (κ2) is 8.54. The van der Waals surface area contributed by atoms with Gasteiger partial charge in [0.25, 0.3) is 0 Å². The van der Waals surface area contributed by atoms with E-state index in [1.54, 1.807) is 0 Å². The van der Waals surface area contributed by atoms with E-state index in [1.165, 1.54) is 70.1 Å². The molecule has 0 radical (unpaired) electrons. The Morgan fingerprint density at radius 1 is 0.933 bits per heavy atom. The normalized spacial score (nSPS) is 25.0. The second-order valence-corrected chi connectivity index (χ2v) is 9.54. The number of piperidine rings is 2. The van der Waals surface area contributed by atoms with Gasteiger partial charge in [0, 0.05) is 49.2 Å². The van der Waals surface area contributed by atoms with Crippen LogP contribution in [0.2, 0.25) is 0 Å². The smallest absolute Gasteiger partial charge is 0.234 e. The molecular weight excluding hydrogens is 374 g/mol. The summed E-state index contributed by atoms with van der Waals surface area (Å²) in [4.78, 5) is 26.6. The van der Waals surface area contributed by atoms with Gasteiger partial charge in [-0.25, -0.2) is 0 Å². The molecular formula is C25H33N3O2. The highest BCUT2D eigenvalue weighted by molar-refractivity contribution is 6.02. The number of nitrogens with zero attached hydrogens (tertiary/aromatic N) is 2. The molecule has 3 aliphatic rings. The molecule has 2 aromatic rings. The maximum absolute atomic E-state index is 12.4. The van der Waals surface area contributed by atoms with Gasteiger partial charge in [-0.2, -0.15) is 0 Å². The fourth-order valence-electron chi connectivity index (χ4n) is 5.94. The van der Waals surface area contributed by atoms with Crippen LogP contribution in [-0.4, -0.2) is 40.9 Å². The first kappa shape index (κ1) is 19.8. The molecule has 0 spiro atoms. The number of benzene rings is 1. The summed E-state index contributed by atoms with van der Waals surface area (Å²) in [6.07, 6.45) is 12.7. The van der Waals surface area contributed by atoms with Crippen molar-refractivity contribution in [3.63, 3.8) is 0 Å². The monoisotopic (exact) mass is 407 g/mol. The van der Waals surface area contributed by atoms with Crippen LogP contribution in [0.5, 0.6) is 0 Å². The van der Waals surface area contributed by atoms with Crippen LogP contribution in [-0.2, 0) is 9.59 Å². The summed E-state index contributed by atoms with van der Waals surface area (Å²) in [5, 5.41) is 3.67. The Bertz CT molecular complexity index is 920. The predicted octanol–water partition coefficient (Wildman–Crippen LogP) is 4.38. The maximum atomic E-state index is 12.4. The van der Waals surface area contributed by atoms with Crippen molar-refractivity contribution >= 4 is 22.7 Å². The molecule has 2 aliphatic heterocycles. The number of hydrogen-bond acceptors (Lipinski definition) is 3. The lowest BCUT2D eigenvalue weighted by molar-refractivity contribution is -0.134. The van der Waals surface area contributed by atoms with Gasteiger partial charge in [0.15, 0.2) is 0 Å². The summed E-state index contributed by atoms with van der Waals surface area (Å²) < 4.78 is 2.43. The molecule has 5 heteroatoms. The van der Waals surface area contributed by atoms with E-state index in [4.69, 9.17) is 0 Å². The van der Waals surface area contributed by atoms with E-state index >= 15 is 0 Å².